The highest BCUT2D eigenvalue weighted by atomic mass is 79.9. The van der Waals surface area contributed by atoms with Gasteiger partial charge in [-0.05, 0) is 42.0 Å². The fraction of sp³-hybridized carbons (Fsp3) is 0.0714. The average molecular weight is 321 g/mol. The van der Waals surface area contributed by atoms with Gasteiger partial charge in [0.05, 0.1) is 11.6 Å². The third-order valence-corrected chi connectivity index (χ3v) is 2.89. The number of anilines is 1. The lowest BCUT2D eigenvalue weighted by molar-refractivity contribution is 0.290. The fourth-order valence-corrected chi connectivity index (χ4v) is 2.17. The van der Waals surface area contributed by atoms with E-state index in [1.165, 1.54) is 12.1 Å². The first kappa shape index (κ1) is 13.4. The lowest BCUT2D eigenvalue weighted by atomic mass is 10.2. The van der Waals surface area contributed by atoms with Gasteiger partial charge in [0.15, 0.2) is 11.6 Å². The van der Waals surface area contributed by atoms with Crippen LogP contribution in [0, 0.1) is 17.1 Å². The lowest BCUT2D eigenvalue weighted by Crippen LogP contribution is -1.99. The van der Waals surface area contributed by atoms with Gasteiger partial charge in [-0.25, -0.2) is 4.39 Å². The minimum Gasteiger partial charge on any atom is -0.486 e. The van der Waals surface area contributed by atoms with Crippen LogP contribution in [-0.4, -0.2) is 0 Å². The number of nitrogens with two attached hydrogens (primary N) is 1. The SMILES string of the molecule is N#Cc1ccc(OCc2cc(N)cc(Br)c2)c(F)c1. The largest absolute Gasteiger partial charge is 0.486 e. The number of halogens is 2. The van der Waals surface area contributed by atoms with E-state index in [0.717, 1.165) is 16.1 Å². The Bertz CT molecular complexity index is 632. The van der Waals surface area contributed by atoms with Crippen molar-refractivity contribution in [1.82, 2.24) is 0 Å². The van der Waals surface area contributed by atoms with Gasteiger partial charge < -0.3 is 10.5 Å². The number of hydrogen-bond donors (Lipinski definition) is 1. The second kappa shape index (κ2) is 5.72. The molecule has 0 bridgehead atoms. The van der Waals surface area contributed by atoms with Gasteiger partial charge in [0.2, 0.25) is 0 Å². The molecule has 2 rings (SSSR count). The van der Waals surface area contributed by atoms with Crippen molar-refractivity contribution in [2.45, 2.75) is 6.61 Å². The van der Waals surface area contributed by atoms with E-state index in [1.54, 1.807) is 12.1 Å². The van der Waals surface area contributed by atoms with Crippen LogP contribution in [0.5, 0.6) is 5.75 Å². The Morgan fingerprint density at radius 3 is 2.68 bits per heavy atom. The third kappa shape index (κ3) is 3.46. The average Bonchev–Trinajstić information content (AvgIpc) is 2.36. The van der Waals surface area contributed by atoms with Crippen LogP contribution in [0.2, 0.25) is 0 Å². The summed E-state index contributed by atoms with van der Waals surface area (Å²) in [5.41, 5.74) is 7.40. The second-order valence-electron chi connectivity index (χ2n) is 3.94. The Morgan fingerprint density at radius 2 is 2.05 bits per heavy atom. The Hall–Kier alpha value is -2.06. The molecule has 0 aliphatic heterocycles. The molecular formula is C14H10BrFN2O. The van der Waals surface area contributed by atoms with Crippen LogP contribution >= 0.6 is 15.9 Å². The molecule has 2 aromatic rings. The molecule has 5 heteroatoms. The summed E-state index contributed by atoms with van der Waals surface area (Å²) in [6.07, 6.45) is 0. The summed E-state index contributed by atoms with van der Waals surface area (Å²) in [6.45, 7) is 0.201. The van der Waals surface area contributed by atoms with Gasteiger partial charge >= 0.3 is 0 Å². The molecule has 2 N–H and O–H groups in total. The van der Waals surface area contributed by atoms with E-state index in [-0.39, 0.29) is 17.9 Å². The molecular weight excluding hydrogens is 311 g/mol. The van der Waals surface area contributed by atoms with Crippen LogP contribution < -0.4 is 10.5 Å². The zero-order valence-electron chi connectivity index (χ0n) is 9.86. The van der Waals surface area contributed by atoms with E-state index in [4.69, 9.17) is 15.7 Å². The van der Waals surface area contributed by atoms with E-state index < -0.39 is 5.82 Å². The third-order valence-electron chi connectivity index (χ3n) is 2.44. The summed E-state index contributed by atoms with van der Waals surface area (Å²) < 4.78 is 19.8. The van der Waals surface area contributed by atoms with Crippen molar-refractivity contribution in [3.05, 3.63) is 57.8 Å². The summed E-state index contributed by atoms with van der Waals surface area (Å²) in [7, 11) is 0. The molecule has 0 atom stereocenters. The maximum absolute atomic E-state index is 13.6. The summed E-state index contributed by atoms with van der Waals surface area (Å²) in [5.74, 6) is -0.445. The van der Waals surface area contributed by atoms with Crippen molar-refractivity contribution in [2.24, 2.45) is 0 Å². The van der Waals surface area contributed by atoms with Gasteiger partial charge in [-0.2, -0.15) is 5.26 Å². The van der Waals surface area contributed by atoms with Gasteiger partial charge in [-0.3, -0.25) is 0 Å². The van der Waals surface area contributed by atoms with Crippen LogP contribution in [0.4, 0.5) is 10.1 Å². The quantitative estimate of drug-likeness (QED) is 0.879. The van der Waals surface area contributed by atoms with E-state index in [2.05, 4.69) is 15.9 Å². The standard InChI is InChI=1S/C14H10BrFN2O/c15-11-3-10(4-12(18)6-11)8-19-14-2-1-9(7-17)5-13(14)16/h1-6H,8,18H2. The van der Waals surface area contributed by atoms with Gasteiger partial charge in [-0.1, -0.05) is 15.9 Å². The molecule has 2 aromatic carbocycles. The number of ether oxygens (including phenoxy) is 1. The van der Waals surface area contributed by atoms with Gasteiger partial charge in [0, 0.05) is 10.2 Å². The molecule has 0 heterocycles. The predicted molar refractivity (Wildman–Crippen MR) is 74.0 cm³/mol. The molecule has 0 aliphatic carbocycles. The lowest BCUT2D eigenvalue weighted by Gasteiger charge is -2.08. The molecule has 96 valence electrons. The van der Waals surface area contributed by atoms with Gasteiger partial charge in [-0.15, -0.1) is 0 Å². The highest BCUT2D eigenvalue weighted by Gasteiger charge is 2.05. The molecule has 19 heavy (non-hydrogen) atoms. The van der Waals surface area contributed by atoms with Crippen LogP contribution in [-0.2, 0) is 6.61 Å². The predicted octanol–water partition coefficient (Wildman–Crippen LogP) is 3.62. The summed E-state index contributed by atoms with van der Waals surface area (Å²) >= 11 is 3.33. The topological polar surface area (TPSA) is 59.0 Å². The smallest absolute Gasteiger partial charge is 0.166 e. The van der Waals surface area contributed by atoms with Crippen LogP contribution in [0.1, 0.15) is 11.1 Å². The van der Waals surface area contributed by atoms with Gasteiger partial charge in [0.1, 0.15) is 6.61 Å². The maximum atomic E-state index is 13.6. The van der Waals surface area contributed by atoms with Crippen LogP contribution in [0.25, 0.3) is 0 Å². The zero-order chi connectivity index (χ0) is 13.8. The number of benzene rings is 2. The molecule has 0 fully saturated rings. The van der Waals surface area contributed by atoms with E-state index in [0.29, 0.717) is 5.69 Å². The monoisotopic (exact) mass is 320 g/mol. The van der Waals surface area contributed by atoms with Crippen molar-refractivity contribution in [3.63, 3.8) is 0 Å². The molecule has 0 saturated carbocycles. The van der Waals surface area contributed by atoms with E-state index in [1.807, 2.05) is 12.1 Å². The van der Waals surface area contributed by atoms with Crippen molar-refractivity contribution in [1.29, 1.82) is 5.26 Å². The van der Waals surface area contributed by atoms with Crippen molar-refractivity contribution in [2.75, 3.05) is 5.73 Å². The van der Waals surface area contributed by atoms with Crippen molar-refractivity contribution >= 4 is 21.6 Å². The first-order valence-electron chi connectivity index (χ1n) is 5.46. The first-order chi connectivity index (χ1) is 9.08. The summed E-state index contributed by atoms with van der Waals surface area (Å²) in [6, 6.07) is 11.3. The number of hydrogen-bond acceptors (Lipinski definition) is 3. The Balaban J connectivity index is 2.12. The van der Waals surface area contributed by atoms with E-state index >= 15 is 0 Å². The molecule has 0 aromatic heterocycles. The van der Waals surface area contributed by atoms with Crippen molar-refractivity contribution in [3.8, 4) is 11.8 Å². The second-order valence-corrected chi connectivity index (χ2v) is 4.85. The summed E-state index contributed by atoms with van der Waals surface area (Å²) in [5, 5.41) is 8.65. The molecule has 0 unspecified atom stereocenters. The molecule has 0 saturated heterocycles. The summed E-state index contributed by atoms with van der Waals surface area (Å²) in [4.78, 5) is 0. The zero-order valence-corrected chi connectivity index (χ0v) is 11.4. The molecule has 0 radical (unpaired) electrons. The van der Waals surface area contributed by atoms with E-state index in [9.17, 15) is 4.39 Å². The minimum absolute atomic E-state index is 0.109. The molecule has 0 aliphatic rings. The highest BCUT2D eigenvalue weighted by molar-refractivity contribution is 9.10. The first-order valence-corrected chi connectivity index (χ1v) is 6.25. The van der Waals surface area contributed by atoms with Crippen LogP contribution in [0.3, 0.4) is 0 Å². The molecule has 0 spiro atoms. The Morgan fingerprint density at radius 1 is 1.26 bits per heavy atom. The Labute approximate surface area is 118 Å². The molecule has 0 amide bonds. The normalized spacial score (nSPS) is 9.95. The van der Waals surface area contributed by atoms with Gasteiger partial charge in [0.25, 0.3) is 0 Å². The number of rotatable bonds is 3. The van der Waals surface area contributed by atoms with Crippen LogP contribution in [0.15, 0.2) is 40.9 Å². The fourth-order valence-electron chi connectivity index (χ4n) is 1.61. The van der Waals surface area contributed by atoms with Crippen molar-refractivity contribution < 1.29 is 9.13 Å². The number of nitriles is 1. The number of nitrogen functional groups attached to an aromatic ring is 1. The Kier molecular flexibility index (Phi) is 4.03. The minimum atomic E-state index is -0.554. The molecule has 3 nitrogen and oxygen atoms in total. The highest BCUT2D eigenvalue weighted by Crippen LogP contribution is 2.22. The number of nitrogens with zero attached hydrogens (tertiary/aromatic N) is 1. The maximum Gasteiger partial charge on any atom is 0.166 e.